The first-order chi connectivity index (χ1) is 13.6. The minimum atomic E-state index is -0.200. The number of nitrogens with zero attached hydrogens (tertiary/aromatic N) is 1. The van der Waals surface area contributed by atoms with Crippen LogP contribution in [0.1, 0.15) is 24.2 Å². The van der Waals surface area contributed by atoms with E-state index < -0.39 is 0 Å². The molecule has 0 aliphatic heterocycles. The molecule has 0 aliphatic carbocycles. The predicted octanol–water partition coefficient (Wildman–Crippen LogP) is 5.53. The van der Waals surface area contributed by atoms with E-state index in [0.29, 0.717) is 16.8 Å². The number of pyridine rings is 1. The molecule has 0 spiro atoms. The van der Waals surface area contributed by atoms with E-state index in [9.17, 15) is 4.79 Å². The maximum atomic E-state index is 12.7. The Bertz CT molecular complexity index is 1100. The summed E-state index contributed by atoms with van der Waals surface area (Å²) < 4.78 is 11.2. The minimum Gasteiger partial charge on any atom is -0.491 e. The van der Waals surface area contributed by atoms with Crippen molar-refractivity contribution in [3.05, 3.63) is 78.7 Å². The summed E-state index contributed by atoms with van der Waals surface area (Å²) in [5, 5.41) is 3.87. The average molecular weight is 372 g/mol. The average Bonchev–Trinajstić information content (AvgIpc) is 3.22. The first-order valence-corrected chi connectivity index (χ1v) is 9.11. The van der Waals surface area contributed by atoms with Gasteiger partial charge in [-0.1, -0.05) is 12.1 Å². The molecule has 28 heavy (non-hydrogen) atoms. The number of anilines is 1. The molecule has 4 rings (SSSR count). The van der Waals surface area contributed by atoms with Gasteiger partial charge in [-0.3, -0.25) is 9.78 Å². The highest BCUT2D eigenvalue weighted by molar-refractivity contribution is 6.09. The lowest BCUT2D eigenvalue weighted by molar-refractivity contribution is 0.102. The minimum absolute atomic E-state index is 0.0878. The van der Waals surface area contributed by atoms with Crippen molar-refractivity contribution in [2.45, 2.75) is 20.0 Å². The number of benzene rings is 2. The maximum absolute atomic E-state index is 12.7. The predicted molar refractivity (Wildman–Crippen MR) is 110 cm³/mol. The molecule has 1 N–H and O–H groups in total. The highest BCUT2D eigenvalue weighted by atomic mass is 16.5. The van der Waals surface area contributed by atoms with Crippen LogP contribution in [0.4, 0.5) is 5.69 Å². The Hall–Kier alpha value is -3.60. The van der Waals surface area contributed by atoms with Gasteiger partial charge in [0.25, 0.3) is 5.91 Å². The van der Waals surface area contributed by atoms with Crippen molar-refractivity contribution in [1.29, 1.82) is 0 Å². The topological polar surface area (TPSA) is 64.4 Å². The van der Waals surface area contributed by atoms with E-state index in [0.717, 1.165) is 22.5 Å². The molecule has 0 saturated carbocycles. The van der Waals surface area contributed by atoms with Gasteiger partial charge in [-0.2, -0.15) is 0 Å². The van der Waals surface area contributed by atoms with E-state index in [2.05, 4.69) is 10.3 Å². The molecule has 2 aromatic heterocycles. The summed E-state index contributed by atoms with van der Waals surface area (Å²) >= 11 is 0. The Morgan fingerprint density at radius 2 is 1.86 bits per heavy atom. The van der Waals surface area contributed by atoms with Gasteiger partial charge in [0.1, 0.15) is 11.5 Å². The SMILES string of the molecule is CC(C)Oc1ccc(C(=O)Nc2cccc3c(-c4ccco4)ccnc23)cc1. The van der Waals surface area contributed by atoms with Crippen LogP contribution >= 0.6 is 0 Å². The molecule has 5 nitrogen and oxygen atoms in total. The Kier molecular flexibility index (Phi) is 4.81. The van der Waals surface area contributed by atoms with Crippen LogP contribution in [0.5, 0.6) is 5.75 Å². The van der Waals surface area contributed by atoms with E-state index in [1.807, 2.05) is 50.2 Å². The largest absolute Gasteiger partial charge is 0.491 e. The summed E-state index contributed by atoms with van der Waals surface area (Å²) in [5.74, 6) is 1.30. The fraction of sp³-hybridized carbons (Fsp3) is 0.130. The van der Waals surface area contributed by atoms with Crippen LogP contribution in [0.3, 0.4) is 0 Å². The lowest BCUT2D eigenvalue weighted by Crippen LogP contribution is -2.12. The summed E-state index contributed by atoms with van der Waals surface area (Å²) in [6.45, 7) is 3.93. The third-order valence-corrected chi connectivity index (χ3v) is 4.29. The molecule has 0 atom stereocenters. The summed E-state index contributed by atoms with van der Waals surface area (Å²) in [6.07, 6.45) is 3.44. The molecule has 2 heterocycles. The number of para-hydroxylation sites is 1. The third-order valence-electron chi connectivity index (χ3n) is 4.29. The van der Waals surface area contributed by atoms with Crippen LogP contribution in [0.15, 0.2) is 77.5 Å². The number of carbonyl (C=O) groups excluding carboxylic acids is 1. The van der Waals surface area contributed by atoms with E-state index >= 15 is 0 Å². The smallest absolute Gasteiger partial charge is 0.255 e. The lowest BCUT2D eigenvalue weighted by Gasteiger charge is -2.11. The number of hydrogen-bond acceptors (Lipinski definition) is 4. The Morgan fingerprint density at radius 1 is 1.04 bits per heavy atom. The molecule has 4 aromatic rings. The second-order valence-corrected chi connectivity index (χ2v) is 6.68. The summed E-state index contributed by atoms with van der Waals surface area (Å²) in [4.78, 5) is 17.2. The molecule has 0 unspecified atom stereocenters. The number of furan rings is 1. The zero-order valence-electron chi connectivity index (χ0n) is 15.7. The summed E-state index contributed by atoms with van der Waals surface area (Å²) in [5.41, 5.74) is 2.85. The number of rotatable bonds is 5. The van der Waals surface area contributed by atoms with E-state index in [-0.39, 0.29) is 12.0 Å². The fourth-order valence-electron chi connectivity index (χ4n) is 3.08. The van der Waals surface area contributed by atoms with Crippen LogP contribution in [-0.4, -0.2) is 17.0 Å². The van der Waals surface area contributed by atoms with Crippen molar-refractivity contribution < 1.29 is 13.9 Å². The zero-order valence-corrected chi connectivity index (χ0v) is 15.7. The number of amides is 1. The molecular weight excluding hydrogens is 352 g/mol. The standard InChI is InChI=1S/C23H20N2O3/c1-15(2)28-17-10-8-16(9-11-17)23(26)25-20-6-3-5-19-18(12-13-24-22(19)20)21-7-4-14-27-21/h3-15H,1-2H3,(H,25,26). The van der Waals surface area contributed by atoms with Gasteiger partial charge in [0.05, 0.1) is 23.6 Å². The lowest BCUT2D eigenvalue weighted by atomic mass is 10.1. The van der Waals surface area contributed by atoms with Gasteiger partial charge in [-0.15, -0.1) is 0 Å². The Labute approximate surface area is 163 Å². The highest BCUT2D eigenvalue weighted by Crippen LogP contribution is 2.31. The number of hydrogen-bond donors (Lipinski definition) is 1. The van der Waals surface area contributed by atoms with Gasteiger partial charge in [0.2, 0.25) is 0 Å². The van der Waals surface area contributed by atoms with Crippen molar-refractivity contribution >= 4 is 22.5 Å². The van der Waals surface area contributed by atoms with Crippen molar-refractivity contribution in [2.24, 2.45) is 0 Å². The number of nitrogens with one attached hydrogen (secondary N) is 1. The summed E-state index contributed by atoms with van der Waals surface area (Å²) in [7, 11) is 0. The van der Waals surface area contributed by atoms with Crippen LogP contribution in [0, 0.1) is 0 Å². The quantitative estimate of drug-likeness (QED) is 0.500. The van der Waals surface area contributed by atoms with Crippen molar-refractivity contribution in [2.75, 3.05) is 5.32 Å². The van der Waals surface area contributed by atoms with Crippen molar-refractivity contribution in [3.63, 3.8) is 0 Å². The van der Waals surface area contributed by atoms with Crippen LogP contribution in [-0.2, 0) is 0 Å². The first kappa shape index (κ1) is 17.8. The van der Waals surface area contributed by atoms with Gasteiger partial charge in [-0.05, 0) is 62.4 Å². The number of aromatic nitrogens is 1. The van der Waals surface area contributed by atoms with E-state index in [1.165, 1.54) is 0 Å². The molecule has 5 heteroatoms. The van der Waals surface area contributed by atoms with Gasteiger partial charge >= 0.3 is 0 Å². The number of carbonyl (C=O) groups is 1. The first-order valence-electron chi connectivity index (χ1n) is 9.11. The monoisotopic (exact) mass is 372 g/mol. The Balaban J connectivity index is 1.63. The Morgan fingerprint density at radius 3 is 2.57 bits per heavy atom. The van der Waals surface area contributed by atoms with Crippen molar-refractivity contribution in [1.82, 2.24) is 4.98 Å². The molecule has 2 aromatic carbocycles. The normalized spacial score (nSPS) is 11.0. The maximum Gasteiger partial charge on any atom is 0.255 e. The van der Waals surface area contributed by atoms with Crippen LogP contribution in [0.2, 0.25) is 0 Å². The van der Waals surface area contributed by atoms with E-state index in [1.54, 1.807) is 36.7 Å². The fourth-order valence-corrected chi connectivity index (χ4v) is 3.08. The van der Waals surface area contributed by atoms with Gasteiger partial charge in [-0.25, -0.2) is 0 Å². The third kappa shape index (κ3) is 3.60. The van der Waals surface area contributed by atoms with Crippen molar-refractivity contribution in [3.8, 4) is 17.1 Å². The number of fused-ring (bicyclic) bond motifs is 1. The zero-order chi connectivity index (χ0) is 19.5. The second kappa shape index (κ2) is 7.56. The van der Waals surface area contributed by atoms with Gasteiger partial charge < -0.3 is 14.5 Å². The van der Waals surface area contributed by atoms with Crippen LogP contribution in [0.25, 0.3) is 22.2 Å². The molecule has 1 amide bonds. The molecule has 0 aliphatic rings. The highest BCUT2D eigenvalue weighted by Gasteiger charge is 2.13. The second-order valence-electron chi connectivity index (χ2n) is 6.68. The summed E-state index contributed by atoms with van der Waals surface area (Å²) in [6, 6.07) is 18.5. The molecular formula is C23H20N2O3. The van der Waals surface area contributed by atoms with Gasteiger partial charge in [0.15, 0.2) is 0 Å². The molecule has 0 saturated heterocycles. The molecule has 0 radical (unpaired) electrons. The number of ether oxygens (including phenoxy) is 1. The van der Waals surface area contributed by atoms with E-state index in [4.69, 9.17) is 9.15 Å². The van der Waals surface area contributed by atoms with Crippen LogP contribution < -0.4 is 10.1 Å². The molecule has 0 bridgehead atoms. The molecule has 0 fully saturated rings. The van der Waals surface area contributed by atoms with Gasteiger partial charge in [0, 0.05) is 22.7 Å². The molecule has 140 valence electrons.